The van der Waals surface area contributed by atoms with Gasteiger partial charge >= 0.3 is 20.1 Å². The first kappa shape index (κ1) is 46.0. The summed E-state index contributed by atoms with van der Waals surface area (Å²) in [6, 6.07) is 87.6. The van der Waals surface area contributed by atoms with Crippen LogP contribution in [0.15, 0.2) is 243 Å². The molecule has 0 amide bonds. The normalized spacial score (nSPS) is 10.6. The molecule has 4 heteroatoms. The van der Waals surface area contributed by atoms with Gasteiger partial charge in [0.05, 0.1) is 0 Å². The standard InChI is InChI=1S/C40H26N2.C25H20N.Ir/c1-2-13-29(14-3-1)40-28-31(24-26-42-40)34-18-5-7-20-36(34)38-22-9-8-21-37(38)35-19-6-4-17-33(35)30-15-12-16-32(27-30)39-23-10-11-25-41-39;1-18-15-23(20-9-5-3-6-10-20)16-19(2)25(18)22-13-14-26-24(17-22)21-11-7-4-8-12-21;/h1-13,15,17-28H;3-11,13-17H,1-2H3;/q-2;-1;+3. The van der Waals surface area contributed by atoms with Crippen molar-refractivity contribution in [3.63, 3.8) is 0 Å². The predicted molar refractivity (Wildman–Crippen MR) is 281 cm³/mol. The van der Waals surface area contributed by atoms with Gasteiger partial charge in [-0.05, 0) is 121 Å². The summed E-state index contributed by atoms with van der Waals surface area (Å²) in [4.78, 5) is 13.7. The number of hydrogen-bond donors (Lipinski definition) is 0. The number of pyridine rings is 3. The molecule has 3 nitrogen and oxygen atoms in total. The van der Waals surface area contributed by atoms with E-state index in [1.807, 2.05) is 91.4 Å². The first-order valence-corrected chi connectivity index (χ1v) is 22.8. The fraction of sp³-hybridized carbons (Fsp3) is 0.0308. The summed E-state index contributed by atoms with van der Waals surface area (Å²) in [5.41, 5.74) is 22.6. The summed E-state index contributed by atoms with van der Waals surface area (Å²) in [6.45, 7) is 4.37. The van der Waals surface area contributed by atoms with E-state index in [1.54, 1.807) is 0 Å². The summed E-state index contributed by atoms with van der Waals surface area (Å²) in [7, 11) is 0. The monoisotopic (exact) mass is 1060 g/mol. The molecule has 0 fully saturated rings. The van der Waals surface area contributed by atoms with Crippen LogP contribution in [0.4, 0.5) is 0 Å². The average molecular weight is 1060 g/mol. The van der Waals surface area contributed by atoms with Crippen molar-refractivity contribution in [2.75, 3.05) is 0 Å². The van der Waals surface area contributed by atoms with E-state index in [-0.39, 0.29) is 20.1 Å². The Morgan fingerprint density at radius 3 is 1.28 bits per heavy atom. The molecule has 0 radical (unpaired) electrons. The molecule has 8 aromatic carbocycles. The van der Waals surface area contributed by atoms with Gasteiger partial charge in [-0.3, -0.25) is 0 Å². The van der Waals surface area contributed by atoms with Gasteiger partial charge in [0.1, 0.15) is 0 Å². The van der Waals surface area contributed by atoms with E-state index >= 15 is 0 Å². The van der Waals surface area contributed by atoms with Crippen LogP contribution in [0.5, 0.6) is 0 Å². The molecule has 0 aliphatic heterocycles. The molecule has 0 spiro atoms. The first-order chi connectivity index (χ1) is 33.6. The molecule has 0 N–H and O–H groups in total. The average Bonchev–Trinajstić information content (AvgIpc) is 3.42. The maximum Gasteiger partial charge on any atom is 3.00 e. The third-order valence-corrected chi connectivity index (χ3v) is 12.1. The predicted octanol–water partition coefficient (Wildman–Crippen LogP) is 16.6. The Morgan fingerprint density at radius 2 is 0.739 bits per heavy atom. The van der Waals surface area contributed by atoms with Crippen molar-refractivity contribution >= 4 is 0 Å². The summed E-state index contributed by atoms with van der Waals surface area (Å²) in [6.07, 6.45) is 5.59. The maximum absolute atomic E-state index is 4.64. The fourth-order valence-electron chi connectivity index (χ4n) is 9.00. The van der Waals surface area contributed by atoms with Crippen LogP contribution in [0, 0.1) is 32.0 Å². The molecular formula is C65H46IrN3. The molecule has 0 atom stereocenters. The quantitative estimate of drug-likeness (QED) is 0.135. The Kier molecular flexibility index (Phi) is 14.4. The minimum absolute atomic E-state index is 0. The van der Waals surface area contributed by atoms with E-state index in [0.717, 1.165) is 50.5 Å². The minimum atomic E-state index is 0. The summed E-state index contributed by atoms with van der Waals surface area (Å²) in [5.74, 6) is 0. The van der Waals surface area contributed by atoms with Crippen LogP contribution >= 0.6 is 0 Å². The SMILES string of the molecule is Cc1cc(-c2ccccc2)cc(C)c1-c1ccnc(-c2[c-]cccc2)c1.[Ir+3].[c-]1ccccc1-c1cc(-c2ccccc2-c2ccccc2-c2ccccc2-c2cc[c-]c(-c3ccccn3)c2)ccn1. The smallest absolute Gasteiger partial charge is 0.305 e. The van der Waals surface area contributed by atoms with Crippen molar-refractivity contribution < 1.29 is 20.1 Å². The van der Waals surface area contributed by atoms with Gasteiger partial charge in [0.25, 0.3) is 0 Å². The third kappa shape index (κ3) is 10.4. The van der Waals surface area contributed by atoms with Gasteiger partial charge < -0.3 is 15.0 Å². The van der Waals surface area contributed by atoms with Gasteiger partial charge in [0.15, 0.2) is 0 Å². The summed E-state index contributed by atoms with van der Waals surface area (Å²) >= 11 is 0. The van der Waals surface area contributed by atoms with Crippen molar-refractivity contribution in [3.05, 3.63) is 272 Å². The molecule has 11 rings (SSSR count). The number of rotatable bonds is 9. The molecule has 0 saturated heterocycles. The molecule has 0 aliphatic rings. The van der Waals surface area contributed by atoms with E-state index in [9.17, 15) is 0 Å². The van der Waals surface area contributed by atoms with Gasteiger partial charge in [-0.15, -0.1) is 107 Å². The van der Waals surface area contributed by atoms with E-state index < -0.39 is 0 Å². The van der Waals surface area contributed by atoms with Crippen molar-refractivity contribution in [3.8, 4) is 101 Å². The van der Waals surface area contributed by atoms with Crippen molar-refractivity contribution in [1.82, 2.24) is 15.0 Å². The van der Waals surface area contributed by atoms with E-state index in [1.165, 1.54) is 61.2 Å². The molecular weight excluding hydrogens is 1010 g/mol. The zero-order chi connectivity index (χ0) is 46.1. The van der Waals surface area contributed by atoms with Gasteiger partial charge in [0.2, 0.25) is 0 Å². The molecule has 69 heavy (non-hydrogen) atoms. The maximum atomic E-state index is 4.64. The molecule has 0 unspecified atom stereocenters. The van der Waals surface area contributed by atoms with Crippen LogP contribution in [0.25, 0.3) is 101 Å². The molecule has 0 aliphatic carbocycles. The Balaban J connectivity index is 0.000000189. The number of benzene rings is 8. The van der Waals surface area contributed by atoms with Gasteiger partial charge in [-0.25, -0.2) is 0 Å². The van der Waals surface area contributed by atoms with E-state index in [0.29, 0.717) is 0 Å². The number of nitrogens with zero attached hydrogens (tertiary/aromatic N) is 3. The van der Waals surface area contributed by atoms with Crippen LogP contribution in [0.1, 0.15) is 11.1 Å². The van der Waals surface area contributed by atoms with Crippen LogP contribution in [-0.2, 0) is 20.1 Å². The topological polar surface area (TPSA) is 38.7 Å². The van der Waals surface area contributed by atoms with Crippen LogP contribution in [0.2, 0.25) is 0 Å². The Bertz CT molecular complexity index is 3300. The molecule has 0 bridgehead atoms. The number of aromatic nitrogens is 3. The molecule has 11 aromatic rings. The van der Waals surface area contributed by atoms with E-state index in [2.05, 4.69) is 199 Å². The van der Waals surface area contributed by atoms with Gasteiger partial charge in [-0.1, -0.05) is 140 Å². The Labute approximate surface area is 419 Å². The van der Waals surface area contributed by atoms with Crippen molar-refractivity contribution in [2.24, 2.45) is 0 Å². The Hall–Kier alpha value is -8.14. The second-order valence-electron chi connectivity index (χ2n) is 16.6. The second kappa shape index (κ2) is 21.7. The molecule has 330 valence electrons. The number of aryl methyl sites for hydroxylation is 2. The zero-order valence-corrected chi connectivity index (χ0v) is 40.7. The largest absolute Gasteiger partial charge is 3.00 e. The minimum Gasteiger partial charge on any atom is -0.305 e. The number of hydrogen-bond acceptors (Lipinski definition) is 3. The van der Waals surface area contributed by atoms with Gasteiger partial charge in [-0.2, -0.15) is 0 Å². The Morgan fingerprint density at radius 1 is 0.290 bits per heavy atom. The second-order valence-corrected chi connectivity index (χ2v) is 16.6. The van der Waals surface area contributed by atoms with Crippen molar-refractivity contribution in [2.45, 2.75) is 13.8 Å². The van der Waals surface area contributed by atoms with Crippen molar-refractivity contribution in [1.29, 1.82) is 0 Å². The summed E-state index contributed by atoms with van der Waals surface area (Å²) in [5, 5.41) is 0. The molecule has 3 aromatic heterocycles. The van der Waals surface area contributed by atoms with Crippen LogP contribution < -0.4 is 0 Å². The van der Waals surface area contributed by atoms with E-state index in [4.69, 9.17) is 0 Å². The summed E-state index contributed by atoms with van der Waals surface area (Å²) < 4.78 is 0. The third-order valence-electron chi connectivity index (χ3n) is 12.1. The molecule has 3 heterocycles. The molecule has 0 saturated carbocycles. The fourth-order valence-corrected chi connectivity index (χ4v) is 9.00. The van der Waals surface area contributed by atoms with Gasteiger partial charge in [0, 0.05) is 18.6 Å². The first-order valence-electron chi connectivity index (χ1n) is 22.8. The zero-order valence-electron chi connectivity index (χ0n) is 38.3. The van der Waals surface area contributed by atoms with Crippen LogP contribution in [-0.4, -0.2) is 15.0 Å². The van der Waals surface area contributed by atoms with Crippen LogP contribution in [0.3, 0.4) is 0 Å².